The highest BCUT2D eigenvalue weighted by Gasteiger charge is 2.13. The molecule has 0 bridgehead atoms. The molecule has 0 saturated carbocycles. The lowest BCUT2D eigenvalue weighted by Crippen LogP contribution is -2.15. The van der Waals surface area contributed by atoms with E-state index >= 15 is 0 Å². The molecule has 0 rings (SSSR count). The van der Waals surface area contributed by atoms with Gasteiger partial charge in [0.25, 0.3) is 0 Å². The minimum absolute atomic E-state index is 0.267. The molecule has 2 unspecified atom stereocenters. The van der Waals surface area contributed by atoms with Gasteiger partial charge in [-0.3, -0.25) is 0 Å². The normalized spacial score (nSPS) is 15.6. The standard InChI is InChI=1S/C10H21NO/c1-4-9(2)10(8-12)6-5-7-11-3/h8-11H,4-7H2,1-3H3. The number of carbonyl (C=O) groups is 1. The van der Waals surface area contributed by atoms with E-state index < -0.39 is 0 Å². The van der Waals surface area contributed by atoms with Gasteiger partial charge in [-0.2, -0.15) is 0 Å². The van der Waals surface area contributed by atoms with Crippen LogP contribution in [-0.2, 0) is 4.79 Å². The molecule has 0 aromatic carbocycles. The molecule has 0 aromatic heterocycles. The maximum atomic E-state index is 10.7. The van der Waals surface area contributed by atoms with Gasteiger partial charge >= 0.3 is 0 Å². The van der Waals surface area contributed by atoms with Crippen LogP contribution in [0.1, 0.15) is 33.1 Å². The largest absolute Gasteiger partial charge is 0.320 e. The third kappa shape index (κ3) is 4.50. The minimum atomic E-state index is 0.267. The molecule has 0 radical (unpaired) electrons. The Labute approximate surface area is 75.7 Å². The van der Waals surface area contributed by atoms with Crippen molar-refractivity contribution >= 4 is 6.29 Å². The van der Waals surface area contributed by atoms with Crippen LogP contribution >= 0.6 is 0 Å². The Hall–Kier alpha value is -0.370. The van der Waals surface area contributed by atoms with Gasteiger partial charge in [-0.15, -0.1) is 0 Å². The fourth-order valence-electron chi connectivity index (χ4n) is 1.30. The maximum Gasteiger partial charge on any atom is 0.123 e. The monoisotopic (exact) mass is 171 g/mol. The summed E-state index contributed by atoms with van der Waals surface area (Å²) in [5.74, 6) is 0.808. The molecule has 0 heterocycles. The highest BCUT2D eigenvalue weighted by molar-refractivity contribution is 5.53. The summed E-state index contributed by atoms with van der Waals surface area (Å²) >= 11 is 0. The minimum Gasteiger partial charge on any atom is -0.320 e. The Morgan fingerprint density at radius 3 is 2.58 bits per heavy atom. The third-order valence-corrected chi connectivity index (χ3v) is 2.51. The fraction of sp³-hybridized carbons (Fsp3) is 0.900. The average molecular weight is 171 g/mol. The first kappa shape index (κ1) is 11.6. The van der Waals surface area contributed by atoms with E-state index in [9.17, 15) is 4.79 Å². The van der Waals surface area contributed by atoms with E-state index in [4.69, 9.17) is 0 Å². The molecule has 2 nitrogen and oxygen atoms in total. The van der Waals surface area contributed by atoms with Gasteiger partial charge in [0.1, 0.15) is 6.29 Å². The van der Waals surface area contributed by atoms with Crippen LogP contribution in [0.15, 0.2) is 0 Å². The summed E-state index contributed by atoms with van der Waals surface area (Å²) < 4.78 is 0. The van der Waals surface area contributed by atoms with E-state index in [0.29, 0.717) is 5.92 Å². The number of hydrogen-bond acceptors (Lipinski definition) is 2. The summed E-state index contributed by atoms with van der Waals surface area (Å²) in [6.07, 6.45) is 4.34. The number of nitrogens with one attached hydrogen (secondary N) is 1. The van der Waals surface area contributed by atoms with Gasteiger partial charge in [0, 0.05) is 5.92 Å². The molecule has 0 spiro atoms. The molecule has 0 aliphatic rings. The van der Waals surface area contributed by atoms with E-state index in [0.717, 1.165) is 32.1 Å². The van der Waals surface area contributed by atoms with Crippen molar-refractivity contribution in [3.8, 4) is 0 Å². The second kappa shape index (κ2) is 7.29. The summed E-state index contributed by atoms with van der Waals surface area (Å²) in [7, 11) is 1.94. The Kier molecular flexibility index (Phi) is 7.06. The summed E-state index contributed by atoms with van der Waals surface area (Å²) in [5, 5.41) is 3.09. The molecule has 0 aliphatic heterocycles. The van der Waals surface area contributed by atoms with E-state index in [1.807, 2.05) is 7.05 Å². The van der Waals surface area contributed by atoms with E-state index in [2.05, 4.69) is 19.2 Å². The number of rotatable bonds is 7. The van der Waals surface area contributed by atoms with Crippen LogP contribution in [0.2, 0.25) is 0 Å². The number of aldehydes is 1. The lowest BCUT2D eigenvalue weighted by Gasteiger charge is -2.16. The number of carbonyl (C=O) groups excluding carboxylic acids is 1. The van der Waals surface area contributed by atoms with Crippen LogP contribution in [0.25, 0.3) is 0 Å². The van der Waals surface area contributed by atoms with E-state index in [1.54, 1.807) is 0 Å². The van der Waals surface area contributed by atoms with Crippen molar-refractivity contribution in [1.29, 1.82) is 0 Å². The topological polar surface area (TPSA) is 29.1 Å². The molecule has 2 atom stereocenters. The van der Waals surface area contributed by atoms with Crippen LogP contribution in [0.3, 0.4) is 0 Å². The van der Waals surface area contributed by atoms with Gasteiger partial charge in [-0.05, 0) is 32.4 Å². The first-order valence-corrected chi connectivity index (χ1v) is 4.86. The summed E-state index contributed by atoms with van der Waals surface area (Å²) in [6, 6.07) is 0. The molecule has 0 aliphatic carbocycles. The molecule has 0 fully saturated rings. The molecule has 0 amide bonds. The Bertz CT molecular complexity index is 114. The maximum absolute atomic E-state index is 10.7. The number of hydrogen-bond donors (Lipinski definition) is 1. The van der Waals surface area contributed by atoms with Crippen molar-refractivity contribution in [3.05, 3.63) is 0 Å². The van der Waals surface area contributed by atoms with Gasteiger partial charge in [0.2, 0.25) is 0 Å². The molecule has 12 heavy (non-hydrogen) atoms. The van der Waals surface area contributed by atoms with Crippen LogP contribution in [-0.4, -0.2) is 19.9 Å². The Morgan fingerprint density at radius 1 is 1.50 bits per heavy atom. The van der Waals surface area contributed by atoms with Crippen molar-refractivity contribution in [1.82, 2.24) is 5.32 Å². The van der Waals surface area contributed by atoms with Crippen LogP contribution in [0.5, 0.6) is 0 Å². The molecule has 1 N–H and O–H groups in total. The predicted molar refractivity (Wildman–Crippen MR) is 52.2 cm³/mol. The third-order valence-electron chi connectivity index (χ3n) is 2.51. The zero-order valence-corrected chi connectivity index (χ0v) is 8.47. The van der Waals surface area contributed by atoms with Crippen molar-refractivity contribution in [3.63, 3.8) is 0 Å². The summed E-state index contributed by atoms with van der Waals surface area (Å²) in [5.41, 5.74) is 0. The van der Waals surface area contributed by atoms with Crippen molar-refractivity contribution < 1.29 is 4.79 Å². The smallest absolute Gasteiger partial charge is 0.123 e. The van der Waals surface area contributed by atoms with Gasteiger partial charge in [0.05, 0.1) is 0 Å². The second-order valence-electron chi connectivity index (χ2n) is 3.43. The Morgan fingerprint density at radius 2 is 2.17 bits per heavy atom. The van der Waals surface area contributed by atoms with Crippen LogP contribution in [0, 0.1) is 11.8 Å². The van der Waals surface area contributed by atoms with E-state index in [1.165, 1.54) is 0 Å². The van der Waals surface area contributed by atoms with Gasteiger partial charge in [-0.25, -0.2) is 0 Å². The molecular formula is C10H21NO. The second-order valence-corrected chi connectivity index (χ2v) is 3.43. The molecule has 0 saturated heterocycles. The van der Waals surface area contributed by atoms with Crippen molar-refractivity contribution in [2.75, 3.05) is 13.6 Å². The molecule has 0 aromatic rings. The van der Waals surface area contributed by atoms with Crippen LogP contribution in [0.4, 0.5) is 0 Å². The highest BCUT2D eigenvalue weighted by Crippen LogP contribution is 2.17. The van der Waals surface area contributed by atoms with Gasteiger partial charge in [-0.1, -0.05) is 20.3 Å². The quantitative estimate of drug-likeness (QED) is 0.468. The molecule has 2 heteroatoms. The average Bonchev–Trinajstić information content (AvgIpc) is 2.11. The van der Waals surface area contributed by atoms with Crippen molar-refractivity contribution in [2.45, 2.75) is 33.1 Å². The van der Waals surface area contributed by atoms with Crippen molar-refractivity contribution in [2.24, 2.45) is 11.8 Å². The lowest BCUT2D eigenvalue weighted by molar-refractivity contribution is -0.112. The Balaban J connectivity index is 3.59. The van der Waals surface area contributed by atoms with Gasteiger partial charge < -0.3 is 10.1 Å². The molecular weight excluding hydrogens is 150 g/mol. The van der Waals surface area contributed by atoms with Crippen LogP contribution < -0.4 is 5.32 Å². The SMILES string of the molecule is CCC(C)C(C=O)CCCNC. The lowest BCUT2D eigenvalue weighted by atomic mass is 9.89. The zero-order chi connectivity index (χ0) is 9.40. The fourth-order valence-corrected chi connectivity index (χ4v) is 1.30. The van der Waals surface area contributed by atoms with E-state index in [-0.39, 0.29) is 5.92 Å². The highest BCUT2D eigenvalue weighted by atomic mass is 16.1. The molecule has 72 valence electrons. The zero-order valence-electron chi connectivity index (χ0n) is 8.47. The summed E-state index contributed by atoms with van der Waals surface area (Å²) in [6.45, 7) is 5.30. The predicted octanol–water partition coefficient (Wildman–Crippen LogP) is 1.85. The first-order chi connectivity index (χ1) is 5.76. The summed E-state index contributed by atoms with van der Waals surface area (Å²) in [4.78, 5) is 10.7. The first-order valence-electron chi connectivity index (χ1n) is 4.86. The van der Waals surface area contributed by atoms with Gasteiger partial charge in [0.15, 0.2) is 0 Å².